The number of aliphatic imine (C=N–C) groups is 1. The summed E-state index contributed by atoms with van der Waals surface area (Å²) in [6, 6.07) is 7.88. The lowest BCUT2D eigenvalue weighted by atomic mass is 10.00. The van der Waals surface area contributed by atoms with E-state index in [1.54, 1.807) is 36.2 Å². The summed E-state index contributed by atoms with van der Waals surface area (Å²) in [5.41, 5.74) is 2.40. The lowest BCUT2D eigenvalue weighted by molar-refractivity contribution is -0.128. The predicted octanol–water partition coefficient (Wildman–Crippen LogP) is 5.98. The van der Waals surface area contributed by atoms with E-state index in [9.17, 15) is 9.59 Å². The minimum atomic E-state index is -0.511. The van der Waals surface area contributed by atoms with Crippen molar-refractivity contribution in [3.63, 3.8) is 0 Å². The molecular formula is C33H39ClFN7O3. The Morgan fingerprint density at radius 2 is 1.80 bits per heavy atom. The van der Waals surface area contributed by atoms with E-state index in [1.165, 1.54) is 24.2 Å². The maximum Gasteiger partial charge on any atom is 0.316 e. The molecule has 0 N–H and O–H groups in total. The molecule has 238 valence electrons. The molecule has 1 atom stereocenters. The molecule has 0 saturated carbocycles. The van der Waals surface area contributed by atoms with Crippen molar-refractivity contribution in [2.24, 2.45) is 4.99 Å². The highest BCUT2D eigenvalue weighted by atomic mass is 35.5. The van der Waals surface area contributed by atoms with Gasteiger partial charge in [0.2, 0.25) is 12.3 Å². The highest BCUT2D eigenvalue weighted by molar-refractivity contribution is 6.33. The van der Waals surface area contributed by atoms with Gasteiger partial charge in [0.05, 0.1) is 40.5 Å². The first-order valence-electron chi connectivity index (χ1n) is 14.8. The van der Waals surface area contributed by atoms with Gasteiger partial charge in [0.25, 0.3) is 0 Å². The number of carbonyl (C=O) groups is 2. The Hall–Kier alpha value is -4.38. The fourth-order valence-electron chi connectivity index (χ4n) is 5.49. The van der Waals surface area contributed by atoms with Crippen molar-refractivity contribution in [2.75, 3.05) is 38.7 Å². The van der Waals surface area contributed by atoms with Gasteiger partial charge < -0.3 is 14.5 Å². The molecule has 4 rings (SSSR count). The molecule has 2 amide bonds. The number of anilines is 2. The van der Waals surface area contributed by atoms with E-state index in [1.807, 2.05) is 39.5 Å². The first kappa shape index (κ1) is 33.5. The van der Waals surface area contributed by atoms with Gasteiger partial charge in [-0.2, -0.15) is 9.97 Å². The molecule has 0 spiro atoms. The van der Waals surface area contributed by atoms with E-state index in [0.717, 1.165) is 0 Å². The van der Waals surface area contributed by atoms with Crippen LogP contribution < -0.4 is 9.64 Å². The summed E-state index contributed by atoms with van der Waals surface area (Å²) < 4.78 is 20.5. The molecule has 2 aromatic heterocycles. The molecule has 3 aromatic rings. The largest absolute Gasteiger partial charge is 0.467 e. The molecule has 45 heavy (non-hydrogen) atoms. The number of nitrogens with zero attached hydrogens (tertiary/aromatic N) is 7. The average molecular weight is 636 g/mol. The Morgan fingerprint density at radius 1 is 1.16 bits per heavy atom. The summed E-state index contributed by atoms with van der Waals surface area (Å²) in [6.07, 6.45) is 1.96. The zero-order chi connectivity index (χ0) is 33.0. The second kappa shape index (κ2) is 14.2. The average Bonchev–Trinajstić information content (AvgIpc) is 3.02. The van der Waals surface area contributed by atoms with Crippen molar-refractivity contribution in [3.05, 3.63) is 70.8 Å². The molecule has 1 aliphatic heterocycles. The number of hydrogen-bond acceptors (Lipinski definition) is 7. The molecule has 1 aliphatic rings. The molecule has 1 aromatic carbocycles. The third-order valence-electron chi connectivity index (χ3n) is 7.69. The van der Waals surface area contributed by atoms with Crippen LogP contribution in [0.5, 0.6) is 6.01 Å². The lowest BCUT2D eigenvalue weighted by Crippen LogP contribution is -2.55. The number of ether oxygens (including phenoxy) is 1. The molecule has 10 nitrogen and oxygen atoms in total. The standard InChI is InChI=1S/C33H39ClFN7O3/c1-9-26(44)40-14-15-41(21(6)17-40)31(36-7)23-16-24(34)29(22-12-10-11-13-25(22)35)37-32(23)42(18-43)30-27(19(2)3)38-33(45-8)39-28(30)20(4)5/h9-13,16,18-21H,1,14-15,17H2,2-8H3/b36-31+. The number of aromatic nitrogens is 3. The van der Waals surface area contributed by atoms with Crippen molar-refractivity contribution in [2.45, 2.75) is 52.5 Å². The molecule has 0 radical (unpaired) electrons. The minimum Gasteiger partial charge on any atom is -0.467 e. The Kier molecular flexibility index (Phi) is 10.5. The van der Waals surface area contributed by atoms with Crippen LogP contribution in [0.1, 0.15) is 63.4 Å². The van der Waals surface area contributed by atoms with Crippen LogP contribution in [0.4, 0.5) is 15.9 Å². The van der Waals surface area contributed by atoms with Crippen molar-refractivity contribution in [1.29, 1.82) is 0 Å². The summed E-state index contributed by atoms with van der Waals surface area (Å²) in [6.45, 7) is 14.8. The number of benzene rings is 1. The Bertz CT molecular complexity index is 1600. The first-order chi connectivity index (χ1) is 21.5. The summed E-state index contributed by atoms with van der Waals surface area (Å²) >= 11 is 6.85. The van der Waals surface area contributed by atoms with E-state index in [4.69, 9.17) is 21.3 Å². The smallest absolute Gasteiger partial charge is 0.316 e. The van der Waals surface area contributed by atoms with E-state index < -0.39 is 5.82 Å². The molecule has 12 heteroatoms. The van der Waals surface area contributed by atoms with Crippen LogP contribution >= 0.6 is 11.6 Å². The van der Waals surface area contributed by atoms with Crippen LogP contribution in [0.25, 0.3) is 11.3 Å². The van der Waals surface area contributed by atoms with Crippen molar-refractivity contribution in [1.82, 2.24) is 24.8 Å². The van der Waals surface area contributed by atoms with E-state index in [0.29, 0.717) is 54.5 Å². The summed E-state index contributed by atoms with van der Waals surface area (Å²) in [5, 5.41) is 0.179. The molecule has 1 saturated heterocycles. The van der Waals surface area contributed by atoms with Crippen molar-refractivity contribution < 1.29 is 18.7 Å². The zero-order valence-corrected chi connectivity index (χ0v) is 27.5. The molecule has 0 aliphatic carbocycles. The van der Waals surface area contributed by atoms with Gasteiger partial charge in [-0.25, -0.2) is 9.37 Å². The molecule has 0 bridgehead atoms. The van der Waals surface area contributed by atoms with Crippen LogP contribution in [-0.2, 0) is 9.59 Å². The lowest BCUT2D eigenvalue weighted by Gasteiger charge is -2.41. The highest BCUT2D eigenvalue weighted by Gasteiger charge is 2.34. The summed E-state index contributed by atoms with van der Waals surface area (Å²) in [7, 11) is 3.14. The van der Waals surface area contributed by atoms with Crippen molar-refractivity contribution >= 4 is 41.3 Å². The van der Waals surface area contributed by atoms with Gasteiger partial charge in [0.15, 0.2) is 5.82 Å². The molecule has 1 fully saturated rings. The second-order valence-electron chi connectivity index (χ2n) is 11.4. The number of pyridine rings is 1. The third kappa shape index (κ3) is 6.68. The van der Waals surface area contributed by atoms with Gasteiger partial charge in [-0.3, -0.25) is 19.5 Å². The molecule has 1 unspecified atom stereocenters. The summed E-state index contributed by atoms with van der Waals surface area (Å²) in [5.74, 6) is -0.228. The van der Waals surface area contributed by atoms with Crippen LogP contribution in [0.15, 0.2) is 48.0 Å². The van der Waals surface area contributed by atoms with Gasteiger partial charge in [0, 0.05) is 38.3 Å². The number of amides is 2. The fraction of sp³-hybridized carbons (Fsp3) is 0.394. The quantitative estimate of drug-likeness (QED) is 0.123. The van der Waals surface area contributed by atoms with Crippen LogP contribution in [0, 0.1) is 5.82 Å². The second-order valence-corrected chi connectivity index (χ2v) is 11.8. The Balaban J connectivity index is 2.02. The fourth-order valence-corrected chi connectivity index (χ4v) is 5.75. The van der Waals surface area contributed by atoms with Gasteiger partial charge in [-0.15, -0.1) is 0 Å². The van der Waals surface area contributed by atoms with Crippen LogP contribution in [-0.4, -0.2) is 82.7 Å². The van der Waals surface area contributed by atoms with Gasteiger partial charge in [-0.05, 0) is 43.0 Å². The first-order valence-corrected chi connectivity index (χ1v) is 15.2. The summed E-state index contributed by atoms with van der Waals surface area (Å²) in [4.78, 5) is 49.6. The number of hydrogen-bond donors (Lipinski definition) is 0. The highest BCUT2D eigenvalue weighted by Crippen LogP contribution is 2.41. The maximum absolute atomic E-state index is 15.1. The predicted molar refractivity (Wildman–Crippen MR) is 175 cm³/mol. The maximum atomic E-state index is 15.1. The van der Waals surface area contributed by atoms with Crippen molar-refractivity contribution in [3.8, 4) is 17.3 Å². The van der Waals surface area contributed by atoms with Gasteiger partial charge in [0.1, 0.15) is 11.7 Å². The van der Waals surface area contributed by atoms with E-state index >= 15 is 4.39 Å². The number of amidine groups is 1. The normalized spacial score (nSPS) is 15.4. The van der Waals surface area contributed by atoms with Crippen LogP contribution in [0.3, 0.4) is 0 Å². The van der Waals surface area contributed by atoms with E-state index in [2.05, 4.69) is 21.5 Å². The number of halogens is 2. The number of carbonyl (C=O) groups excluding carboxylic acids is 2. The third-order valence-corrected chi connectivity index (χ3v) is 7.98. The Labute approximate surface area is 268 Å². The zero-order valence-electron chi connectivity index (χ0n) is 26.7. The van der Waals surface area contributed by atoms with Gasteiger partial charge >= 0.3 is 6.01 Å². The van der Waals surface area contributed by atoms with E-state index in [-0.39, 0.29) is 51.9 Å². The number of piperazine rings is 1. The minimum absolute atomic E-state index is 0.131. The SMILES string of the molecule is C=CC(=O)N1CCN(/C(=N/C)c2cc(Cl)c(-c3ccccc3F)nc2N(C=O)c2c(C(C)C)nc(OC)nc2C(C)C)C(C)C1. The topological polar surface area (TPSA) is 104 Å². The molecule has 3 heterocycles. The monoisotopic (exact) mass is 635 g/mol. The molecular weight excluding hydrogens is 597 g/mol. The Morgan fingerprint density at radius 3 is 2.31 bits per heavy atom. The number of methoxy groups -OCH3 is 1. The van der Waals surface area contributed by atoms with Crippen LogP contribution in [0.2, 0.25) is 5.02 Å². The van der Waals surface area contributed by atoms with Gasteiger partial charge in [-0.1, -0.05) is 58.0 Å². The number of rotatable bonds is 9.